The van der Waals surface area contributed by atoms with Crippen LogP contribution >= 0.6 is 53.7 Å². The average molecular weight is 864 g/mol. The van der Waals surface area contributed by atoms with Crippen molar-refractivity contribution in [1.82, 2.24) is 0 Å². The second-order valence-corrected chi connectivity index (χ2v) is 18.5. The van der Waals surface area contributed by atoms with E-state index in [1.807, 2.05) is 85.3 Å². The van der Waals surface area contributed by atoms with Gasteiger partial charge >= 0.3 is 7.82 Å². The number of aryl methyl sites for hydroxylation is 2. The molecule has 2 aromatic heterocycles. The molecule has 0 saturated heterocycles. The van der Waals surface area contributed by atoms with Crippen LogP contribution in [0.4, 0.5) is 11.4 Å². The van der Waals surface area contributed by atoms with E-state index in [0.717, 1.165) is 53.6 Å². The number of halogens is 2. The highest BCUT2D eigenvalue weighted by atomic mass is 35.5. The third-order valence-electron chi connectivity index (χ3n) is 10.7. The van der Waals surface area contributed by atoms with Gasteiger partial charge in [-0.1, -0.05) is 60.7 Å². The maximum absolute atomic E-state index is 14.5. The lowest BCUT2D eigenvalue weighted by Gasteiger charge is -2.22. The molecule has 2 aliphatic heterocycles. The molecule has 0 saturated carbocycles. The summed E-state index contributed by atoms with van der Waals surface area (Å²) in [5.41, 5.74) is 6.88. The minimum Gasteiger partial charge on any atom is -0.506 e. The Bertz CT molecular complexity index is 2460. The zero-order chi connectivity index (χ0) is 39.8. The van der Waals surface area contributed by atoms with E-state index in [2.05, 4.69) is 0 Å². The molecule has 0 bridgehead atoms. The molecular weight excluding hydrogens is 822 g/mol. The molecule has 0 radical (unpaired) electrons. The number of alkyl halides is 2. The van der Waals surface area contributed by atoms with Crippen molar-refractivity contribution < 1.29 is 32.8 Å². The van der Waals surface area contributed by atoms with E-state index in [1.165, 1.54) is 22.7 Å². The molecule has 0 aliphatic carbocycles. The zero-order valence-corrected chi connectivity index (χ0v) is 35.5. The predicted octanol–water partition coefficient (Wildman–Crippen LogP) is 11.6. The van der Waals surface area contributed by atoms with Gasteiger partial charge in [-0.05, 0) is 64.4 Å². The van der Waals surface area contributed by atoms with Crippen LogP contribution in [0.5, 0.6) is 11.5 Å². The summed E-state index contributed by atoms with van der Waals surface area (Å²) in [6.07, 6.45) is 0.569. The molecule has 2 atom stereocenters. The molecule has 2 aliphatic rings. The number of benzene rings is 4. The van der Waals surface area contributed by atoms with Crippen LogP contribution in [0.25, 0.3) is 20.2 Å². The van der Waals surface area contributed by atoms with E-state index in [4.69, 9.17) is 36.8 Å². The predicted molar refractivity (Wildman–Crippen MR) is 231 cm³/mol. The van der Waals surface area contributed by atoms with Gasteiger partial charge in [0.15, 0.2) is 5.75 Å². The SMILES string of the molecule is Cc1csc2c(O)cc3c(c12)[C@H](CCl)CN3C(=O)CCCC(=O)N1C[C@@H](CCl)c2c1cc(OP(=O)(OCc1ccccc1)OCc1ccccc1)c1scc(C)c21. The van der Waals surface area contributed by atoms with Crippen molar-refractivity contribution in [3.8, 4) is 11.5 Å². The van der Waals surface area contributed by atoms with Gasteiger partial charge in [0.25, 0.3) is 0 Å². The van der Waals surface area contributed by atoms with E-state index < -0.39 is 7.82 Å². The number of phosphoric ester groups is 1. The zero-order valence-electron chi connectivity index (χ0n) is 31.4. The number of hydrogen-bond donors (Lipinski definition) is 1. The van der Waals surface area contributed by atoms with E-state index in [1.54, 1.807) is 21.9 Å². The Balaban J connectivity index is 1.04. The number of carbonyl (C=O) groups excluding carboxylic acids is 2. The fraction of sp³-hybridized carbons (Fsp3) is 0.302. The van der Waals surface area contributed by atoms with Gasteiger partial charge in [-0.2, -0.15) is 0 Å². The first-order chi connectivity index (χ1) is 27.6. The van der Waals surface area contributed by atoms with Crippen LogP contribution in [0.15, 0.2) is 83.6 Å². The normalized spacial score (nSPS) is 16.4. The van der Waals surface area contributed by atoms with Gasteiger partial charge in [0, 0.05) is 72.4 Å². The first-order valence-electron chi connectivity index (χ1n) is 18.8. The first-order valence-corrected chi connectivity index (χ1v) is 23.1. The van der Waals surface area contributed by atoms with Crippen LogP contribution in [0.2, 0.25) is 0 Å². The lowest BCUT2D eigenvalue weighted by molar-refractivity contribution is -0.119. The Morgan fingerprint density at radius 1 is 0.754 bits per heavy atom. The van der Waals surface area contributed by atoms with Crippen molar-refractivity contribution in [3.63, 3.8) is 0 Å². The number of phosphoric acid groups is 1. The average Bonchev–Trinajstić information content (AvgIpc) is 4.00. The van der Waals surface area contributed by atoms with E-state index in [0.29, 0.717) is 42.6 Å². The Morgan fingerprint density at radius 2 is 1.23 bits per heavy atom. The number of phenols is 1. The molecule has 14 heteroatoms. The molecule has 8 rings (SSSR count). The smallest absolute Gasteiger partial charge is 0.506 e. The Morgan fingerprint density at radius 3 is 1.74 bits per heavy atom. The molecule has 4 aromatic carbocycles. The van der Waals surface area contributed by atoms with Gasteiger partial charge in [0.2, 0.25) is 11.8 Å². The minimum absolute atomic E-state index is 0.00319. The van der Waals surface area contributed by atoms with Gasteiger partial charge in [-0.25, -0.2) is 4.57 Å². The second-order valence-electron chi connectivity index (χ2n) is 14.5. The third kappa shape index (κ3) is 7.84. The second kappa shape index (κ2) is 16.7. The van der Waals surface area contributed by atoms with Crippen LogP contribution in [0.1, 0.15) is 64.5 Å². The molecule has 296 valence electrons. The summed E-state index contributed by atoms with van der Waals surface area (Å²) in [4.78, 5) is 31.3. The summed E-state index contributed by atoms with van der Waals surface area (Å²) in [7, 11) is -4.23. The molecule has 0 spiro atoms. The van der Waals surface area contributed by atoms with Crippen molar-refractivity contribution in [3.05, 3.63) is 117 Å². The molecule has 6 aromatic rings. The lowest BCUT2D eigenvalue weighted by atomic mass is 9.97. The van der Waals surface area contributed by atoms with Crippen LogP contribution in [0, 0.1) is 13.8 Å². The fourth-order valence-electron chi connectivity index (χ4n) is 7.94. The van der Waals surface area contributed by atoms with E-state index in [-0.39, 0.29) is 61.2 Å². The monoisotopic (exact) mass is 862 g/mol. The highest BCUT2D eigenvalue weighted by molar-refractivity contribution is 7.49. The number of phenolic OH excluding ortho intramolecular Hbond substituents is 1. The van der Waals surface area contributed by atoms with Crippen molar-refractivity contribution in [2.24, 2.45) is 0 Å². The van der Waals surface area contributed by atoms with Crippen LogP contribution in [-0.4, -0.2) is 41.8 Å². The molecule has 57 heavy (non-hydrogen) atoms. The Kier molecular flexibility index (Phi) is 11.7. The third-order valence-corrected chi connectivity index (χ3v) is 15.0. The summed E-state index contributed by atoms with van der Waals surface area (Å²) in [5, 5.41) is 16.7. The highest BCUT2D eigenvalue weighted by Gasteiger charge is 2.39. The standard InChI is InChI=1S/C43H41Cl2N2O7PS2/c1-26-24-56-42-34(48)16-32-40(38(26)42)30(18-44)20-46(32)36(49)14-9-15-37(50)47-21-31(19-45)41-33(47)17-35(43-39(41)27(2)25-57-43)54-55(51,52-22-28-10-5-3-6-11-28)53-23-29-12-7-4-8-13-29/h3-8,10-13,16-17,24-25,30-31,48H,9,14-15,18-23H2,1-2H3/t30-,31-/m1/s1. The summed E-state index contributed by atoms with van der Waals surface area (Å²) in [6.45, 7) is 4.77. The first kappa shape index (κ1) is 39.9. The van der Waals surface area contributed by atoms with Gasteiger partial charge < -0.3 is 19.4 Å². The van der Waals surface area contributed by atoms with E-state index >= 15 is 0 Å². The molecule has 1 N–H and O–H groups in total. The van der Waals surface area contributed by atoms with Crippen molar-refractivity contribution >= 4 is 97.1 Å². The summed E-state index contributed by atoms with van der Waals surface area (Å²) < 4.78 is 34.3. The Labute approximate surface area is 349 Å². The summed E-state index contributed by atoms with van der Waals surface area (Å²) >= 11 is 15.9. The van der Waals surface area contributed by atoms with E-state index in [9.17, 15) is 19.3 Å². The minimum atomic E-state index is -4.23. The lowest BCUT2D eigenvalue weighted by Crippen LogP contribution is -2.32. The van der Waals surface area contributed by atoms with Crippen LogP contribution < -0.4 is 14.3 Å². The number of anilines is 2. The number of carbonyl (C=O) groups is 2. The highest BCUT2D eigenvalue weighted by Crippen LogP contribution is 2.56. The number of fused-ring (bicyclic) bond motifs is 6. The summed E-state index contributed by atoms with van der Waals surface area (Å²) in [5.74, 6) is 0.570. The number of rotatable bonds is 14. The van der Waals surface area contributed by atoms with Crippen molar-refractivity contribution in [2.45, 2.75) is 58.2 Å². The van der Waals surface area contributed by atoms with Crippen molar-refractivity contribution in [1.29, 1.82) is 0 Å². The number of thiophene rings is 2. The van der Waals surface area contributed by atoms with Gasteiger partial charge in [0.1, 0.15) is 5.75 Å². The van der Waals surface area contributed by atoms with Crippen LogP contribution in [0.3, 0.4) is 0 Å². The summed E-state index contributed by atoms with van der Waals surface area (Å²) in [6, 6.07) is 22.2. The largest absolute Gasteiger partial charge is 0.530 e. The fourth-order valence-corrected chi connectivity index (χ4v) is 11.7. The number of hydrogen-bond acceptors (Lipinski definition) is 9. The number of amides is 2. The molecule has 2 amide bonds. The van der Waals surface area contributed by atoms with Gasteiger partial charge in [-0.15, -0.1) is 45.9 Å². The molecule has 0 unspecified atom stereocenters. The number of aromatic hydroxyl groups is 1. The molecule has 4 heterocycles. The topological polar surface area (TPSA) is 106 Å². The quantitative estimate of drug-likeness (QED) is 0.0858. The van der Waals surface area contributed by atoms with Gasteiger partial charge in [0.05, 0.1) is 34.0 Å². The maximum atomic E-state index is 14.5. The van der Waals surface area contributed by atoms with Gasteiger partial charge in [-0.3, -0.25) is 18.6 Å². The Hall–Kier alpha value is -3.93. The maximum Gasteiger partial charge on any atom is 0.530 e. The molecular formula is C43H41Cl2N2O7PS2. The van der Waals surface area contributed by atoms with Crippen molar-refractivity contribution in [2.75, 3.05) is 34.6 Å². The molecule has 0 fully saturated rings. The molecule has 9 nitrogen and oxygen atoms in total. The number of nitrogens with zero attached hydrogens (tertiary/aromatic N) is 2. The van der Waals surface area contributed by atoms with Crippen LogP contribution in [-0.2, 0) is 36.4 Å².